The Bertz CT molecular complexity index is 277. The summed E-state index contributed by atoms with van der Waals surface area (Å²) in [5, 5.41) is 0. The van der Waals surface area contributed by atoms with Crippen molar-refractivity contribution in [3.05, 3.63) is 0 Å². The van der Waals surface area contributed by atoms with Crippen LogP contribution in [-0.2, 0) is 9.06 Å². The summed E-state index contributed by atoms with van der Waals surface area (Å²) in [6.45, 7) is 0.450. The van der Waals surface area contributed by atoms with Gasteiger partial charge in [-0.25, -0.2) is 8.42 Å². The second kappa shape index (κ2) is 3.05. The van der Waals surface area contributed by atoms with Crippen molar-refractivity contribution >= 4 is 19.8 Å². The molecule has 3 nitrogen and oxygen atoms in total. The van der Waals surface area contributed by atoms with Crippen molar-refractivity contribution in [2.75, 3.05) is 19.3 Å². The average Bonchev–Trinajstić information content (AvgIpc) is 1.95. The Morgan fingerprint density at radius 1 is 1.73 bits per heavy atom. The van der Waals surface area contributed by atoms with E-state index in [1.807, 2.05) is 0 Å². The van der Waals surface area contributed by atoms with Crippen LogP contribution < -0.4 is 0 Å². The fraction of sp³-hybridized carbons (Fsp3) is 0.667. The van der Waals surface area contributed by atoms with Crippen LogP contribution in [0.5, 0.6) is 0 Å². The molecule has 5 heteroatoms. The van der Waals surface area contributed by atoms with Crippen LogP contribution in [0.25, 0.3) is 0 Å². The lowest BCUT2D eigenvalue weighted by Gasteiger charge is -2.25. The first-order valence-corrected chi connectivity index (χ1v) is 6.07. The normalized spacial score (nSPS) is 31.1. The molecule has 0 amide bonds. The lowest BCUT2D eigenvalue weighted by atomic mass is 10.2. The van der Waals surface area contributed by atoms with Crippen LogP contribution in [0, 0.1) is 18.3 Å². The highest BCUT2D eigenvalue weighted by molar-refractivity contribution is 8.71. The number of hydrogen-bond acceptors (Lipinski definition) is 3. The molecule has 0 radical (unpaired) electrons. The molecule has 0 aliphatic carbocycles. The molecule has 1 fully saturated rings. The van der Waals surface area contributed by atoms with Crippen molar-refractivity contribution in [1.82, 2.24) is 4.31 Å². The monoisotopic (exact) mass is 191 g/mol. The number of nitrogens with zero attached hydrogens (tertiary/aromatic N) is 1. The molecule has 1 saturated heterocycles. The van der Waals surface area contributed by atoms with Gasteiger partial charge in [0, 0.05) is 25.3 Å². The fourth-order valence-electron chi connectivity index (χ4n) is 0.813. The molecule has 1 atom stereocenters. The Kier molecular flexibility index (Phi) is 2.47. The summed E-state index contributed by atoms with van der Waals surface area (Å²) in [5.41, 5.74) is 0. The van der Waals surface area contributed by atoms with E-state index >= 15 is 0 Å². The van der Waals surface area contributed by atoms with Gasteiger partial charge in [-0.2, -0.15) is 4.31 Å². The van der Waals surface area contributed by atoms with Gasteiger partial charge < -0.3 is 0 Å². The molecular weight excluding hydrogens is 182 g/mol. The summed E-state index contributed by atoms with van der Waals surface area (Å²) in [7, 11) is -0.586. The van der Waals surface area contributed by atoms with Crippen molar-refractivity contribution in [2.45, 2.75) is 0 Å². The van der Waals surface area contributed by atoms with Crippen molar-refractivity contribution in [1.29, 1.82) is 0 Å². The molecule has 0 aromatic heterocycles. The van der Waals surface area contributed by atoms with E-state index in [4.69, 9.17) is 6.42 Å². The highest BCUT2D eigenvalue weighted by Crippen LogP contribution is 2.25. The first kappa shape index (κ1) is 8.91. The van der Waals surface area contributed by atoms with Crippen LogP contribution in [0.4, 0.5) is 0 Å². The minimum atomic E-state index is -3.05. The summed E-state index contributed by atoms with van der Waals surface area (Å²) < 4.78 is 23.4. The van der Waals surface area contributed by atoms with E-state index in [9.17, 15) is 8.42 Å². The average molecular weight is 191 g/mol. The Labute approximate surface area is 70.6 Å². The molecule has 0 saturated carbocycles. The summed E-state index contributed by atoms with van der Waals surface area (Å²) in [6.07, 6.45) is 5.17. The second-order valence-electron chi connectivity index (χ2n) is 2.39. The zero-order chi connectivity index (χ0) is 8.48. The van der Waals surface area contributed by atoms with E-state index in [1.165, 1.54) is 4.31 Å². The molecule has 0 bridgehead atoms. The molecule has 1 aliphatic heterocycles. The largest absolute Gasteiger partial charge is 0.267 e. The van der Waals surface area contributed by atoms with Crippen molar-refractivity contribution in [2.24, 2.45) is 5.92 Å². The van der Waals surface area contributed by atoms with E-state index < -0.39 is 9.06 Å². The van der Waals surface area contributed by atoms with Gasteiger partial charge in [0.1, 0.15) is 0 Å². The minimum Gasteiger partial charge on any atom is -0.200 e. The maximum atomic E-state index is 11.1. The third-order valence-electron chi connectivity index (χ3n) is 1.51. The molecule has 1 unspecified atom stereocenters. The van der Waals surface area contributed by atoms with Crippen molar-refractivity contribution in [3.8, 4) is 12.3 Å². The third-order valence-corrected chi connectivity index (χ3v) is 5.33. The van der Waals surface area contributed by atoms with E-state index in [2.05, 4.69) is 5.92 Å². The molecule has 0 N–H and O–H groups in total. The molecule has 0 aromatic rings. The maximum absolute atomic E-state index is 11.1. The second-order valence-corrected chi connectivity index (χ2v) is 6.40. The lowest BCUT2D eigenvalue weighted by molar-refractivity contribution is 0.448. The van der Waals surface area contributed by atoms with Crippen molar-refractivity contribution < 1.29 is 8.42 Å². The van der Waals surface area contributed by atoms with Gasteiger partial charge in [0.15, 0.2) is 0 Å². The highest BCUT2D eigenvalue weighted by atomic mass is 33.1. The molecule has 62 valence electrons. The number of rotatable bonds is 0. The first-order chi connectivity index (χ1) is 5.06. The minimum absolute atomic E-state index is 0.0634. The Morgan fingerprint density at radius 3 is 2.82 bits per heavy atom. The predicted octanol–water partition coefficient (Wildman–Crippen LogP) is 0.159. The quantitative estimate of drug-likeness (QED) is 0.404. The van der Waals surface area contributed by atoms with Crippen molar-refractivity contribution in [3.63, 3.8) is 0 Å². The van der Waals surface area contributed by atoms with Gasteiger partial charge in [-0.1, -0.05) is 0 Å². The zero-order valence-electron chi connectivity index (χ0n) is 6.15. The van der Waals surface area contributed by atoms with E-state index in [0.29, 0.717) is 12.3 Å². The maximum Gasteiger partial charge on any atom is 0.267 e. The first-order valence-electron chi connectivity index (χ1n) is 3.13. The van der Waals surface area contributed by atoms with Crippen LogP contribution in [0.3, 0.4) is 0 Å². The Morgan fingerprint density at radius 2 is 2.36 bits per heavy atom. The summed E-state index contributed by atoms with van der Waals surface area (Å²) in [6, 6.07) is 0. The molecule has 0 spiro atoms. The van der Waals surface area contributed by atoms with Gasteiger partial charge in [-0.3, -0.25) is 0 Å². The Hall–Kier alpha value is -0.180. The van der Waals surface area contributed by atoms with Gasteiger partial charge in [0.2, 0.25) is 0 Å². The predicted molar refractivity (Wildman–Crippen MR) is 46.3 cm³/mol. The van der Waals surface area contributed by atoms with Gasteiger partial charge in [0.05, 0.1) is 0 Å². The molecule has 0 aromatic carbocycles. The SMILES string of the molecule is C#CC1CSS(=O)(=O)N(C)C1. The number of hydrogen-bond donors (Lipinski definition) is 0. The molecular formula is C6H9NO2S2. The fourth-order valence-corrected chi connectivity index (χ4v) is 3.62. The lowest BCUT2D eigenvalue weighted by Crippen LogP contribution is -2.35. The standard InChI is InChI=1S/C6H9NO2S2/c1-3-6-4-7(2)11(8,9)10-5-6/h1,6H,4-5H2,2H3. The third kappa shape index (κ3) is 1.89. The zero-order valence-corrected chi connectivity index (χ0v) is 7.78. The molecule has 1 heterocycles. The van der Waals surface area contributed by atoms with Crippen LogP contribution in [-0.4, -0.2) is 32.1 Å². The van der Waals surface area contributed by atoms with Crippen LogP contribution in [0.2, 0.25) is 0 Å². The van der Waals surface area contributed by atoms with Crippen LogP contribution >= 0.6 is 10.8 Å². The summed E-state index contributed by atoms with van der Waals surface area (Å²) >= 11 is 0. The smallest absolute Gasteiger partial charge is 0.200 e. The molecule has 11 heavy (non-hydrogen) atoms. The Balaban J connectivity index is 2.72. The van der Waals surface area contributed by atoms with E-state index in [1.54, 1.807) is 7.05 Å². The number of terminal acetylenes is 1. The van der Waals surface area contributed by atoms with Gasteiger partial charge in [-0.05, 0) is 10.8 Å². The molecule has 1 rings (SSSR count). The van der Waals surface area contributed by atoms with Gasteiger partial charge in [0.25, 0.3) is 9.06 Å². The van der Waals surface area contributed by atoms with Crippen LogP contribution in [0.15, 0.2) is 0 Å². The van der Waals surface area contributed by atoms with E-state index in [0.717, 1.165) is 10.8 Å². The van der Waals surface area contributed by atoms with E-state index in [-0.39, 0.29) is 5.92 Å². The van der Waals surface area contributed by atoms with Crippen LogP contribution in [0.1, 0.15) is 0 Å². The topological polar surface area (TPSA) is 37.4 Å². The summed E-state index contributed by atoms with van der Waals surface area (Å²) in [5.74, 6) is 3.13. The van der Waals surface area contributed by atoms with Gasteiger partial charge in [-0.15, -0.1) is 12.3 Å². The molecule has 1 aliphatic rings. The van der Waals surface area contributed by atoms with Gasteiger partial charge >= 0.3 is 0 Å². The highest BCUT2D eigenvalue weighted by Gasteiger charge is 2.28. The summed E-state index contributed by atoms with van der Waals surface area (Å²) in [4.78, 5) is 0.